The fourth-order valence-electron chi connectivity index (χ4n) is 4.20. The van der Waals surface area contributed by atoms with Crippen molar-refractivity contribution in [1.82, 2.24) is 15.5 Å². The van der Waals surface area contributed by atoms with Crippen molar-refractivity contribution in [2.75, 3.05) is 39.1 Å². The molecule has 6 nitrogen and oxygen atoms in total. The zero-order chi connectivity index (χ0) is 19.4. The molecule has 2 amide bonds. The van der Waals surface area contributed by atoms with Gasteiger partial charge in [-0.15, -0.1) is 0 Å². The number of nitrogens with zero attached hydrogens (tertiary/aromatic N) is 2. The molecule has 1 aromatic rings. The van der Waals surface area contributed by atoms with E-state index in [1.54, 1.807) is 0 Å². The number of carbonyl (C=O) groups is 2. The van der Waals surface area contributed by atoms with Crippen LogP contribution >= 0.6 is 0 Å². The van der Waals surface area contributed by atoms with E-state index in [1.807, 2.05) is 14.1 Å². The summed E-state index contributed by atoms with van der Waals surface area (Å²) in [4.78, 5) is 28.7. The molecule has 1 aliphatic heterocycles. The van der Waals surface area contributed by atoms with Crippen molar-refractivity contribution < 1.29 is 9.59 Å². The van der Waals surface area contributed by atoms with Gasteiger partial charge >= 0.3 is 11.8 Å². The number of likely N-dealkylation sites (N-methyl/N-ethyl adjacent to an activating group) is 1. The normalized spacial score (nSPS) is 18.3. The van der Waals surface area contributed by atoms with Crippen LogP contribution in [0, 0.1) is 0 Å². The van der Waals surface area contributed by atoms with E-state index in [4.69, 9.17) is 0 Å². The second kappa shape index (κ2) is 8.74. The van der Waals surface area contributed by atoms with Crippen LogP contribution in [0.3, 0.4) is 0 Å². The van der Waals surface area contributed by atoms with E-state index in [2.05, 4.69) is 45.7 Å². The Bertz CT molecular complexity index is 683. The van der Waals surface area contributed by atoms with Gasteiger partial charge in [0.05, 0.1) is 6.04 Å². The molecular weight excluding hydrogens is 340 g/mol. The van der Waals surface area contributed by atoms with Crippen molar-refractivity contribution in [3.8, 4) is 0 Å². The summed E-state index contributed by atoms with van der Waals surface area (Å²) in [7, 11) is 6.13. The molecule has 1 aliphatic carbocycles. The van der Waals surface area contributed by atoms with Crippen LogP contribution in [-0.4, -0.2) is 57.0 Å². The molecule has 1 heterocycles. The molecule has 1 fully saturated rings. The monoisotopic (exact) mass is 372 g/mol. The molecule has 2 N–H and O–H groups in total. The molecule has 1 saturated carbocycles. The average Bonchev–Trinajstić information content (AvgIpc) is 3.14. The fraction of sp³-hybridized carbons (Fsp3) is 0.619. The van der Waals surface area contributed by atoms with E-state index in [0.717, 1.165) is 45.1 Å². The average molecular weight is 373 g/mol. The second-order valence-corrected chi connectivity index (χ2v) is 8.06. The highest BCUT2D eigenvalue weighted by atomic mass is 16.2. The van der Waals surface area contributed by atoms with Crippen molar-refractivity contribution in [1.29, 1.82) is 0 Å². The molecule has 27 heavy (non-hydrogen) atoms. The van der Waals surface area contributed by atoms with E-state index >= 15 is 0 Å². The zero-order valence-corrected chi connectivity index (χ0v) is 16.8. The van der Waals surface area contributed by atoms with Gasteiger partial charge < -0.3 is 20.4 Å². The van der Waals surface area contributed by atoms with Crippen LogP contribution in [0.15, 0.2) is 18.2 Å². The third-order valence-corrected chi connectivity index (χ3v) is 5.82. The van der Waals surface area contributed by atoms with E-state index < -0.39 is 11.8 Å². The van der Waals surface area contributed by atoms with Crippen molar-refractivity contribution >= 4 is 17.5 Å². The first-order valence-electron chi connectivity index (χ1n) is 10.0. The third-order valence-electron chi connectivity index (χ3n) is 5.82. The van der Waals surface area contributed by atoms with Gasteiger partial charge in [-0.05, 0) is 57.0 Å². The number of carbonyl (C=O) groups excluding carboxylic acids is 2. The lowest BCUT2D eigenvalue weighted by atomic mass is 9.96. The molecule has 0 saturated heterocycles. The van der Waals surface area contributed by atoms with Crippen LogP contribution in [0.2, 0.25) is 0 Å². The maximum Gasteiger partial charge on any atom is 0.309 e. The Hall–Kier alpha value is -2.08. The Kier molecular flexibility index (Phi) is 6.37. The van der Waals surface area contributed by atoms with Crippen molar-refractivity contribution in [3.63, 3.8) is 0 Å². The van der Waals surface area contributed by atoms with Crippen LogP contribution in [0.5, 0.6) is 0 Å². The first-order valence-corrected chi connectivity index (χ1v) is 10.0. The van der Waals surface area contributed by atoms with E-state index in [0.29, 0.717) is 6.54 Å². The minimum atomic E-state index is -0.536. The number of amides is 2. The molecule has 2 aliphatic rings. The van der Waals surface area contributed by atoms with Crippen LogP contribution < -0.4 is 15.5 Å². The van der Waals surface area contributed by atoms with Gasteiger partial charge in [0, 0.05) is 31.9 Å². The Morgan fingerprint density at radius 2 is 1.93 bits per heavy atom. The number of hydrogen-bond acceptors (Lipinski definition) is 4. The number of rotatable bonds is 5. The molecule has 148 valence electrons. The van der Waals surface area contributed by atoms with Gasteiger partial charge in [-0.3, -0.25) is 9.59 Å². The minimum Gasteiger partial charge on any atom is -0.374 e. The topological polar surface area (TPSA) is 64.7 Å². The molecule has 0 radical (unpaired) electrons. The van der Waals surface area contributed by atoms with Gasteiger partial charge in [0.25, 0.3) is 0 Å². The number of nitrogens with one attached hydrogen (secondary N) is 2. The largest absolute Gasteiger partial charge is 0.374 e. The number of fused-ring (bicyclic) bond motifs is 1. The van der Waals surface area contributed by atoms with E-state index in [9.17, 15) is 9.59 Å². The summed E-state index contributed by atoms with van der Waals surface area (Å²) >= 11 is 0. The van der Waals surface area contributed by atoms with Gasteiger partial charge in [-0.1, -0.05) is 25.0 Å². The highest BCUT2D eigenvalue weighted by Gasteiger charge is 2.23. The van der Waals surface area contributed by atoms with Crippen LogP contribution in [0.25, 0.3) is 0 Å². The SMILES string of the molecule is CN1CCCc2cc(C(CNC(=O)C(=O)NC3CCCC3)N(C)C)ccc21. The summed E-state index contributed by atoms with van der Waals surface area (Å²) in [6.45, 7) is 1.51. The van der Waals surface area contributed by atoms with Crippen molar-refractivity contribution in [2.45, 2.75) is 50.6 Å². The fourth-order valence-corrected chi connectivity index (χ4v) is 4.20. The van der Waals surface area contributed by atoms with Gasteiger partial charge in [0.1, 0.15) is 0 Å². The lowest BCUT2D eigenvalue weighted by Crippen LogP contribution is -2.45. The number of hydrogen-bond donors (Lipinski definition) is 2. The summed E-state index contributed by atoms with van der Waals surface area (Å²) in [5, 5.41) is 5.67. The molecule has 3 rings (SSSR count). The molecule has 6 heteroatoms. The lowest BCUT2D eigenvalue weighted by Gasteiger charge is -2.30. The van der Waals surface area contributed by atoms with Gasteiger partial charge in [-0.2, -0.15) is 0 Å². The van der Waals surface area contributed by atoms with E-state index in [1.165, 1.54) is 16.8 Å². The van der Waals surface area contributed by atoms with Crippen LogP contribution in [-0.2, 0) is 16.0 Å². The standard InChI is InChI=1S/C21H32N4O2/c1-24(2)19(14-22-20(26)21(27)23-17-8-4-5-9-17)16-10-11-18-15(13-16)7-6-12-25(18)3/h10-11,13,17,19H,4-9,12,14H2,1-3H3,(H,22,26)(H,23,27). The highest BCUT2D eigenvalue weighted by Crippen LogP contribution is 2.29. The second-order valence-electron chi connectivity index (χ2n) is 8.06. The maximum atomic E-state index is 12.2. The van der Waals surface area contributed by atoms with Crippen LogP contribution in [0.4, 0.5) is 5.69 Å². The van der Waals surface area contributed by atoms with Crippen molar-refractivity contribution in [3.05, 3.63) is 29.3 Å². The van der Waals surface area contributed by atoms with Gasteiger partial charge in [-0.25, -0.2) is 0 Å². The first kappa shape index (κ1) is 19.7. The molecule has 1 unspecified atom stereocenters. The lowest BCUT2D eigenvalue weighted by molar-refractivity contribution is -0.139. The molecule has 0 spiro atoms. The first-order chi connectivity index (χ1) is 13.0. The summed E-state index contributed by atoms with van der Waals surface area (Å²) in [5.74, 6) is -1.04. The Morgan fingerprint density at radius 1 is 1.19 bits per heavy atom. The quantitative estimate of drug-likeness (QED) is 0.774. The smallest absolute Gasteiger partial charge is 0.309 e. The number of benzene rings is 1. The molecule has 0 aromatic heterocycles. The summed E-state index contributed by atoms with van der Waals surface area (Å²) < 4.78 is 0. The Balaban J connectivity index is 1.62. The summed E-state index contributed by atoms with van der Waals surface area (Å²) in [6, 6.07) is 6.75. The van der Waals surface area contributed by atoms with Gasteiger partial charge in [0.2, 0.25) is 0 Å². The minimum absolute atomic E-state index is 0.0331. The predicted molar refractivity (Wildman–Crippen MR) is 108 cm³/mol. The predicted octanol–water partition coefficient (Wildman–Crippen LogP) is 1.85. The molecular formula is C21H32N4O2. The zero-order valence-electron chi connectivity index (χ0n) is 16.8. The third kappa shape index (κ3) is 4.80. The number of anilines is 1. The van der Waals surface area contributed by atoms with Crippen LogP contribution in [0.1, 0.15) is 49.3 Å². The van der Waals surface area contributed by atoms with E-state index in [-0.39, 0.29) is 12.1 Å². The summed E-state index contributed by atoms with van der Waals surface area (Å²) in [5.41, 5.74) is 3.83. The maximum absolute atomic E-state index is 12.2. The molecule has 1 atom stereocenters. The highest BCUT2D eigenvalue weighted by molar-refractivity contribution is 6.35. The van der Waals surface area contributed by atoms with Crippen molar-refractivity contribution in [2.24, 2.45) is 0 Å². The van der Waals surface area contributed by atoms with Gasteiger partial charge in [0.15, 0.2) is 0 Å². The Morgan fingerprint density at radius 3 is 2.63 bits per heavy atom. The molecule has 1 aromatic carbocycles. The number of aryl methyl sites for hydroxylation is 1. The molecule has 0 bridgehead atoms. The Labute approximate surface area is 162 Å². The summed E-state index contributed by atoms with van der Waals surface area (Å²) in [6.07, 6.45) is 6.46.